The molecule has 90 valence electrons. The SMILES string of the molecule is CCN(CC)Cc1ccc(CNC2CC2)o1. The molecule has 1 aromatic rings. The van der Waals surface area contributed by atoms with Gasteiger partial charge in [0.1, 0.15) is 11.5 Å². The second-order valence-electron chi connectivity index (χ2n) is 4.48. The van der Waals surface area contributed by atoms with Gasteiger partial charge in [-0.3, -0.25) is 4.90 Å². The van der Waals surface area contributed by atoms with Crippen LogP contribution in [0.1, 0.15) is 38.2 Å². The lowest BCUT2D eigenvalue weighted by atomic mass is 10.4. The monoisotopic (exact) mass is 222 g/mol. The molecule has 0 bridgehead atoms. The Hall–Kier alpha value is -0.800. The molecule has 2 rings (SSSR count). The molecule has 0 atom stereocenters. The first kappa shape index (κ1) is 11.7. The number of rotatable bonds is 7. The van der Waals surface area contributed by atoms with Gasteiger partial charge in [0, 0.05) is 6.04 Å². The molecule has 1 aliphatic carbocycles. The van der Waals surface area contributed by atoms with Crippen molar-refractivity contribution in [2.45, 2.75) is 45.8 Å². The van der Waals surface area contributed by atoms with Crippen LogP contribution in [0.4, 0.5) is 0 Å². The maximum atomic E-state index is 5.79. The zero-order valence-electron chi connectivity index (χ0n) is 10.3. The molecule has 0 spiro atoms. The minimum Gasteiger partial charge on any atom is -0.463 e. The maximum absolute atomic E-state index is 5.79. The number of hydrogen-bond acceptors (Lipinski definition) is 3. The van der Waals surface area contributed by atoms with Crippen LogP contribution >= 0.6 is 0 Å². The third kappa shape index (κ3) is 3.35. The van der Waals surface area contributed by atoms with Crippen molar-refractivity contribution in [3.8, 4) is 0 Å². The van der Waals surface area contributed by atoms with Gasteiger partial charge in [-0.15, -0.1) is 0 Å². The molecule has 1 fully saturated rings. The second kappa shape index (κ2) is 5.51. The summed E-state index contributed by atoms with van der Waals surface area (Å²) < 4.78 is 5.79. The topological polar surface area (TPSA) is 28.4 Å². The van der Waals surface area contributed by atoms with Gasteiger partial charge in [-0.1, -0.05) is 13.8 Å². The highest BCUT2D eigenvalue weighted by atomic mass is 16.3. The van der Waals surface area contributed by atoms with E-state index in [4.69, 9.17) is 4.42 Å². The van der Waals surface area contributed by atoms with Crippen molar-refractivity contribution in [1.82, 2.24) is 10.2 Å². The number of hydrogen-bond donors (Lipinski definition) is 1. The normalized spacial score (nSPS) is 15.9. The fraction of sp³-hybridized carbons (Fsp3) is 0.692. The molecule has 1 N–H and O–H groups in total. The highest BCUT2D eigenvalue weighted by molar-refractivity contribution is 5.07. The molecular formula is C13H22N2O. The predicted octanol–water partition coefficient (Wildman–Crippen LogP) is 2.37. The fourth-order valence-corrected chi connectivity index (χ4v) is 1.80. The summed E-state index contributed by atoms with van der Waals surface area (Å²) in [6.45, 7) is 8.32. The van der Waals surface area contributed by atoms with Crippen LogP contribution < -0.4 is 5.32 Å². The third-order valence-electron chi connectivity index (χ3n) is 3.13. The van der Waals surface area contributed by atoms with Gasteiger partial charge in [-0.25, -0.2) is 0 Å². The fourth-order valence-electron chi connectivity index (χ4n) is 1.80. The van der Waals surface area contributed by atoms with E-state index in [1.165, 1.54) is 12.8 Å². The van der Waals surface area contributed by atoms with Gasteiger partial charge in [0.25, 0.3) is 0 Å². The lowest BCUT2D eigenvalue weighted by Gasteiger charge is -2.15. The lowest BCUT2D eigenvalue weighted by Crippen LogP contribution is -2.21. The number of nitrogens with one attached hydrogen (secondary N) is 1. The van der Waals surface area contributed by atoms with E-state index in [1.807, 2.05) is 0 Å². The predicted molar refractivity (Wildman–Crippen MR) is 65.2 cm³/mol. The highest BCUT2D eigenvalue weighted by Gasteiger charge is 2.20. The van der Waals surface area contributed by atoms with Crippen LogP contribution in [-0.4, -0.2) is 24.0 Å². The molecule has 1 aliphatic rings. The third-order valence-corrected chi connectivity index (χ3v) is 3.13. The zero-order chi connectivity index (χ0) is 11.4. The summed E-state index contributed by atoms with van der Waals surface area (Å²) in [6.07, 6.45) is 2.65. The van der Waals surface area contributed by atoms with Gasteiger partial charge in [-0.2, -0.15) is 0 Å². The minimum atomic E-state index is 0.747. The summed E-state index contributed by atoms with van der Waals surface area (Å²) in [5.74, 6) is 2.14. The van der Waals surface area contributed by atoms with E-state index >= 15 is 0 Å². The van der Waals surface area contributed by atoms with E-state index in [2.05, 4.69) is 36.2 Å². The van der Waals surface area contributed by atoms with Crippen LogP contribution in [-0.2, 0) is 13.1 Å². The van der Waals surface area contributed by atoms with E-state index in [0.717, 1.165) is 43.7 Å². The summed E-state index contributed by atoms with van der Waals surface area (Å²) in [5, 5.41) is 3.46. The summed E-state index contributed by atoms with van der Waals surface area (Å²) in [6, 6.07) is 4.94. The van der Waals surface area contributed by atoms with Crippen LogP contribution in [0.25, 0.3) is 0 Å². The maximum Gasteiger partial charge on any atom is 0.118 e. The van der Waals surface area contributed by atoms with Crippen LogP contribution in [0.15, 0.2) is 16.5 Å². The number of nitrogens with zero attached hydrogens (tertiary/aromatic N) is 1. The Balaban J connectivity index is 1.80. The first-order chi connectivity index (χ1) is 7.81. The summed E-state index contributed by atoms with van der Waals surface area (Å²) in [4.78, 5) is 2.36. The molecule has 1 saturated carbocycles. The Morgan fingerprint density at radius 3 is 2.56 bits per heavy atom. The van der Waals surface area contributed by atoms with Crippen molar-refractivity contribution in [3.63, 3.8) is 0 Å². The number of furan rings is 1. The molecule has 0 radical (unpaired) electrons. The quantitative estimate of drug-likeness (QED) is 0.767. The van der Waals surface area contributed by atoms with Crippen LogP contribution in [0, 0.1) is 0 Å². The van der Waals surface area contributed by atoms with Crippen molar-refractivity contribution < 1.29 is 4.42 Å². The smallest absolute Gasteiger partial charge is 0.118 e. The Morgan fingerprint density at radius 2 is 1.94 bits per heavy atom. The van der Waals surface area contributed by atoms with Crippen molar-refractivity contribution >= 4 is 0 Å². The Morgan fingerprint density at radius 1 is 1.25 bits per heavy atom. The zero-order valence-corrected chi connectivity index (χ0v) is 10.3. The molecule has 16 heavy (non-hydrogen) atoms. The Labute approximate surface area is 97.8 Å². The molecule has 0 unspecified atom stereocenters. The molecule has 0 aromatic carbocycles. The van der Waals surface area contributed by atoms with E-state index in [9.17, 15) is 0 Å². The van der Waals surface area contributed by atoms with E-state index in [1.54, 1.807) is 0 Å². The first-order valence-corrected chi connectivity index (χ1v) is 6.35. The van der Waals surface area contributed by atoms with E-state index in [0.29, 0.717) is 0 Å². The standard InChI is InChI=1S/C13H22N2O/c1-3-15(4-2)10-13-8-7-12(16-13)9-14-11-5-6-11/h7-8,11,14H,3-6,9-10H2,1-2H3. The average molecular weight is 222 g/mol. The molecular weight excluding hydrogens is 200 g/mol. The largest absolute Gasteiger partial charge is 0.463 e. The van der Waals surface area contributed by atoms with Crippen LogP contribution in [0.2, 0.25) is 0 Å². The second-order valence-corrected chi connectivity index (χ2v) is 4.48. The highest BCUT2D eigenvalue weighted by Crippen LogP contribution is 2.19. The van der Waals surface area contributed by atoms with Crippen molar-refractivity contribution in [2.75, 3.05) is 13.1 Å². The lowest BCUT2D eigenvalue weighted by molar-refractivity contribution is 0.264. The summed E-state index contributed by atoms with van der Waals surface area (Å²) in [5.41, 5.74) is 0. The summed E-state index contributed by atoms with van der Waals surface area (Å²) >= 11 is 0. The molecule has 0 saturated heterocycles. The van der Waals surface area contributed by atoms with E-state index in [-0.39, 0.29) is 0 Å². The van der Waals surface area contributed by atoms with Gasteiger partial charge >= 0.3 is 0 Å². The van der Waals surface area contributed by atoms with Crippen molar-refractivity contribution in [1.29, 1.82) is 0 Å². The summed E-state index contributed by atoms with van der Waals surface area (Å²) in [7, 11) is 0. The van der Waals surface area contributed by atoms with Gasteiger partial charge < -0.3 is 9.73 Å². The molecule has 0 aliphatic heterocycles. The Kier molecular flexibility index (Phi) is 4.02. The molecule has 1 aromatic heterocycles. The first-order valence-electron chi connectivity index (χ1n) is 6.35. The molecule has 1 heterocycles. The minimum absolute atomic E-state index is 0.747. The molecule has 3 nitrogen and oxygen atoms in total. The molecule has 0 amide bonds. The van der Waals surface area contributed by atoms with Gasteiger partial charge in [0.05, 0.1) is 13.1 Å². The average Bonchev–Trinajstić information content (AvgIpc) is 3.03. The molecule has 3 heteroatoms. The van der Waals surface area contributed by atoms with Crippen molar-refractivity contribution in [3.05, 3.63) is 23.7 Å². The van der Waals surface area contributed by atoms with Gasteiger partial charge in [0.15, 0.2) is 0 Å². The van der Waals surface area contributed by atoms with Gasteiger partial charge in [-0.05, 0) is 38.1 Å². The van der Waals surface area contributed by atoms with Crippen molar-refractivity contribution in [2.24, 2.45) is 0 Å². The Bertz CT molecular complexity index is 313. The van der Waals surface area contributed by atoms with Gasteiger partial charge in [0.2, 0.25) is 0 Å². The van der Waals surface area contributed by atoms with E-state index < -0.39 is 0 Å². The van der Waals surface area contributed by atoms with Crippen LogP contribution in [0.5, 0.6) is 0 Å². The van der Waals surface area contributed by atoms with Crippen LogP contribution in [0.3, 0.4) is 0 Å².